The van der Waals surface area contributed by atoms with Gasteiger partial charge in [0.2, 0.25) is 0 Å². The van der Waals surface area contributed by atoms with Crippen LogP contribution in [0.1, 0.15) is 41.5 Å². The first-order valence-electron chi connectivity index (χ1n) is 9.29. The topological polar surface area (TPSA) is 71.1 Å². The zero-order chi connectivity index (χ0) is 20.4. The summed E-state index contributed by atoms with van der Waals surface area (Å²) in [5, 5.41) is 0. The molecule has 2 aromatic carbocycles. The van der Waals surface area contributed by atoms with Gasteiger partial charge in [-0.1, -0.05) is 19.9 Å². The van der Waals surface area contributed by atoms with Crippen molar-refractivity contribution in [3.05, 3.63) is 59.7 Å². The maximum Gasteiger partial charge on any atom is 0.343 e. The molecule has 0 aliphatic carbocycles. The Labute approximate surface area is 165 Å². The van der Waals surface area contributed by atoms with E-state index in [1.807, 2.05) is 20.8 Å². The van der Waals surface area contributed by atoms with Crippen LogP contribution in [0.15, 0.2) is 48.5 Å². The van der Waals surface area contributed by atoms with Crippen LogP contribution >= 0.6 is 0 Å². The molecule has 6 nitrogen and oxygen atoms in total. The van der Waals surface area contributed by atoms with Crippen LogP contribution in [0.3, 0.4) is 0 Å². The third kappa shape index (κ3) is 7.04. The van der Waals surface area contributed by atoms with E-state index >= 15 is 0 Å². The maximum absolute atomic E-state index is 12.3. The van der Waals surface area contributed by atoms with Gasteiger partial charge < -0.3 is 18.9 Å². The van der Waals surface area contributed by atoms with E-state index in [4.69, 9.17) is 18.9 Å². The van der Waals surface area contributed by atoms with E-state index in [0.717, 1.165) is 0 Å². The summed E-state index contributed by atoms with van der Waals surface area (Å²) in [7, 11) is 0. The zero-order valence-corrected chi connectivity index (χ0v) is 16.5. The molecule has 28 heavy (non-hydrogen) atoms. The second kappa shape index (κ2) is 11.1. The largest absolute Gasteiger partial charge is 0.491 e. The Balaban J connectivity index is 1.93. The molecule has 0 saturated heterocycles. The molecule has 0 amide bonds. The Morgan fingerprint density at radius 3 is 2.32 bits per heavy atom. The highest BCUT2D eigenvalue weighted by Crippen LogP contribution is 2.18. The number of hydrogen-bond donors (Lipinski definition) is 0. The molecule has 2 aromatic rings. The fourth-order valence-corrected chi connectivity index (χ4v) is 2.23. The molecule has 150 valence electrons. The lowest BCUT2D eigenvalue weighted by Crippen LogP contribution is -2.12. The molecule has 0 bridgehead atoms. The lowest BCUT2D eigenvalue weighted by molar-refractivity contribution is 0.0457. The molecule has 0 aliphatic rings. The number of carbonyl (C=O) groups is 2. The average Bonchev–Trinajstić information content (AvgIpc) is 2.70. The van der Waals surface area contributed by atoms with Crippen LogP contribution in [0.5, 0.6) is 11.5 Å². The number of ether oxygens (including phenoxy) is 4. The van der Waals surface area contributed by atoms with Crippen molar-refractivity contribution in [2.45, 2.75) is 20.8 Å². The summed E-state index contributed by atoms with van der Waals surface area (Å²) < 4.78 is 21.3. The third-order valence-electron chi connectivity index (χ3n) is 3.62. The second-order valence-corrected chi connectivity index (χ2v) is 6.48. The highest BCUT2D eigenvalue weighted by atomic mass is 16.5. The molecule has 0 N–H and O–H groups in total. The predicted octanol–water partition coefficient (Wildman–Crippen LogP) is 4.13. The molecule has 0 aromatic heterocycles. The van der Waals surface area contributed by atoms with Gasteiger partial charge in [-0.15, -0.1) is 0 Å². The molecule has 0 radical (unpaired) electrons. The summed E-state index contributed by atoms with van der Waals surface area (Å²) in [6.45, 7) is 7.77. The monoisotopic (exact) mass is 386 g/mol. The Morgan fingerprint density at radius 2 is 1.64 bits per heavy atom. The van der Waals surface area contributed by atoms with Crippen molar-refractivity contribution >= 4 is 11.9 Å². The van der Waals surface area contributed by atoms with Crippen LogP contribution in [0.4, 0.5) is 0 Å². The molecule has 0 fully saturated rings. The van der Waals surface area contributed by atoms with Crippen molar-refractivity contribution in [2.24, 2.45) is 5.92 Å². The molecule has 0 aliphatic heterocycles. The standard InChI is InChI=1S/C22H26O6/c1-4-25-12-13-26-19-10-8-17(9-11-19)22(24)28-20-7-5-6-18(14-20)21(23)27-15-16(2)3/h5-11,14,16H,4,12-13,15H2,1-3H3. The SMILES string of the molecule is CCOCCOc1ccc(C(=O)Oc2cccc(C(=O)OCC(C)C)c2)cc1. The van der Waals surface area contributed by atoms with Crippen LogP contribution in [0.2, 0.25) is 0 Å². The first-order valence-corrected chi connectivity index (χ1v) is 9.29. The number of esters is 2. The van der Waals surface area contributed by atoms with Gasteiger partial charge in [-0.2, -0.15) is 0 Å². The minimum absolute atomic E-state index is 0.246. The second-order valence-electron chi connectivity index (χ2n) is 6.48. The van der Waals surface area contributed by atoms with Gasteiger partial charge in [-0.05, 0) is 55.3 Å². The van der Waals surface area contributed by atoms with Crippen molar-refractivity contribution in [3.8, 4) is 11.5 Å². The van der Waals surface area contributed by atoms with E-state index in [0.29, 0.717) is 43.3 Å². The highest BCUT2D eigenvalue weighted by Gasteiger charge is 2.12. The molecule has 0 unspecified atom stereocenters. The Bertz CT molecular complexity index is 767. The molecule has 0 spiro atoms. The smallest absolute Gasteiger partial charge is 0.343 e. The molecule has 0 saturated carbocycles. The Morgan fingerprint density at radius 1 is 0.893 bits per heavy atom. The lowest BCUT2D eigenvalue weighted by Gasteiger charge is -2.09. The van der Waals surface area contributed by atoms with Crippen LogP contribution in [0.25, 0.3) is 0 Å². The molecule has 2 rings (SSSR count). The van der Waals surface area contributed by atoms with Gasteiger partial charge in [-0.25, -0.2) is 9.59 Å². The minimum atomic E-state index is -0.520. The lowest BCUT2D eigenvalue weighted by atomic mass is 10.2. The fraction of sp³-hybridized carbons (Fsp3) is 0.364. The zero-order valence-electron chi connectivity index (χ0n) is 16.5. The quantitative estimate of drug-likeness (QED) is 0.347. The Kier molecular flexibility index (Phi) is 8.49. The van der Waals surface area contributed by atoms with Crippen molar-refractivity contribution in [3.63, 3.8) is 0 Å². The van der Waals surface area contributed by atoms with E-state index in [2.05, 4.69) is 0 Å². The predicted molar refractivity (Wildman–Crippen MR) is 105 cm³/mol. The maximum atomic E-state index is 12.3. The number of carbonyl (C=O) groups excluding carboxylic acids is 2. The average molecular weight is 386 g/mol. The minimum Gasteiger partial charge on any atom is -0.491 e. The summed E-state index contributed by atoms with van der Waals surface area (Å²) in [5.74, 6) is 0.206. The molecular weight excluding hydrogens is 360 g/mol. The van der Waals surface area contributed by atoms with Crippen molar-refractivity contribution in [1.29, 1.82) is 0 Å². The van der Waals surface area contributed by atoms with Gasteiger partial charge in [0.25, 0.3) is 0 Å². The molecule has 0 atom stereocenters. The van der Waals surface area contributed by atoms with Crippen molar-refractivity contribution in [2.75, 3.05) is 26.4 Å². The summed E-state index contributed by atoms with van der Waals surface area (Å²) in [5.41, 5.74) is 0.717. The third-order valence-corrected chi connectivity index (χ3v) is 3.62. The van der Waals surface area contributed by atoms with E-state index in [1.165, 1.54) is 6.07 Å². The van der Waals surface area contributed by atoms with Gasteiger partial charge in [0.05, 0.1) is 24.3 Å². The van der Waals surface area contributed by atoms with E-state index in [1.54, 1.807) is 42.5 Å². The summed E-state index contributed by atoms with van der Waals surface area (Å²) in [6.07, 6.45) is 0. The van der Waals surface area contributed by atoms with Crippen LogP contribution in [-0.2, 0) is 9.47 Å². The van der Waals surface area contributed by atoms with Crippen LogP contribution in [-0.4, -0.2) is 38.4 Å². The summed E-state index contributed by atoms with van der Waals surface area (Å²) in [4.78, 5) is 24.4. The first kappa shape index (κ1) is 21.4. The van der Waals surface area contributed by atoms with E-state index in [-0.39, 0.29) is 11.7 Å². The highest BCUT2D eigenvalue weighted by molar-refractivity contribution is 5.92. The fourth-order valence-electron chi connectivity index (χ4n) is 2.23. The molecular formula is C22H26O6. The summed E-state index contributed by atoms with van der Waals surface area (Å²) >= 11 is 0. The van der Waals surface area contributed by atoms with Gasteiger partial charge in [0.1, 0.15) is 18.1 Å². The van der Waals surface area contributed by atoms with Crippen LogP contribution in [0, 0.1) is 5.92 Å². The summed E-state index contributed by atoms with van der Waals surface area (Å²) in [6, 6.07) is 13.0. The van der Waals surface area contributed by atoms with E-state index in [9.17, 15) is 9.59 Å². The molecule has 6 heteroatoms. The Hall–Kier alpha value is -2.86. The molecule has 0 heterocycles. The van der Waals surface area contributed by atoms with Gasteiger partial charge in [0, 0.05) is 6.61 Å². The normalized spacial score (nSPS) is 10.6. The van der Waals surface area contributed by atoms with Crippen LogP contribution < -0.4 is 9.47 Å². The van der Waals surface area contributed by atoms with Crippen molar-refractivity contribution in [1.82, 2.24) is 0 Å². The first-order chi connectivity index (χ1) is 13.5. The van der Waals surface area contributed by atoms with Gasteiger partial charge in [-0.3, -0.25) is 0 Å². The van der Waals surface area contributed by atoms with E-state index < -0.39 is 11.9 Å². The van der Waals surface area contributed by atoms with Gasteiger partial charge >= 0.3 is 11.9 Å². The number of benzene rings is 2. The van der Waals surface area contributed by atoms with Crippen molar-refractivity contribution < 1.29 is 28.5 Å². The van der Waals surface area contributed by atoms with Gasteiger partial charge in [0.15, 0.2) is 0 Å². The number of hydrogen-bond acceptors (Lipinski definition) is 6. The number of rotatable bonds is 10.